The van der Waals surface area contributed by atoms with Gasteiger partial charge in [0.15, 0.2) is 0 Å². The van der Waals surface area contributed by atoms with Gasteiger partial charge in [0.05, 0.1) is 28.3 Å². The molecule has 0 aliphatic rings. The van der Waals surface area contributed by atoms with Crippen molar-refractivity contribution in [1.29, 1.82) is 0 Å². The number of rotatable bonds is 4. The maximum Gasteiger partial charge on any atom is 0.339 e. The predicted molar refractivity (Wildman–Crippen MR) is 88.1 cm³/mol. The summed E-state index contributed by atoms with van der Waals surface area (Å²) in [6.45, 7) is 2.09. The monoisotopic (exact) mass is 333 g/mol. The molecule has 0 radical (unpaired) electrons. The molecule has 2 heterocycles. The fourth-order valence-corrected chi connectivity index (χ4v) is 3.08. The minimum Gasteiger partial charge on any atom is -0.462 e. The molecule has 0 bridgehead atoms. The second kappa shape index (κ2) is 6.29. The number of fused-ring (bicyclic) bond motifs is 1. The highest BCUT2D eigenvalue weighted by Gasteiger charge is 2.18. The predicted octanol–water partition coefficient (Wildman–Crippen LogP) is 4.27. The number of para-hydroxylation sites is 1. The Bertz CT molecular complexity index is 835. The van der Waals surface area contributed by atoms with Gasteiger partial charge in [-0.2, -0.15) is 0 Å². The van der Waals surface area contributed by atoms with Gasteiger partial charge in [0.25, 0.3) is 0 Å². The van der Waals surface area contributed by atoms with Crippen LogP contribution in [0, 0.1) is 0 Å². The van der Waals surface area contributed by atoms with E-state index in [2.05, 4.69) is 15.3 Å². The van der Waals surface area contributed by atoms with Crippen LogP contribution < -0.4 is 5.32 Å². The van der Waals surface area contributed by atoms with Gasteiger partial charge in [-0.3, -0.25) is 0 Å². The third-order valence-electron chi connectivity index (χ3n) is 2.99. The molecule has 0 aliphatic carbocycles. The molecule has 1 N–H and O–H groups in total. The Balaban J connectivity index is 2.08. The van der Waals surface area contributed by atoms with E-state index in [9.17, 15) is 4.79 Å². The lowest BCUT2D eigenvalue weighted by molar-refractivity contribution is 0.0529. The first kappa shape index (κ1) is 14.7. The third kappa shape index (κ3) is 2.75. The average Bonchev–Trinajstić information content (AvgIpc) is 2.95. The van der Waals surface area contributed by atoms with Crippen LogP contribution in [0.15, 0.2) is 36.0 Å². The highest BCUT2D eigenvalue weighted by molar-refractivity contribution is 7.17. The summed E-state index contributed by atoms with van der Waals surface area (Å²) in [5.41, 5.74) is 1.17. The van der Waals surface area contributed by atoms with Crippen molar-refractivity contribution in [2.24, 2.45) is 0 Å². The van der Waals surface area contributed by atoms with Gasteiger partial charge in [-0.1, -0.05) is 23.7 Å². The molecule has 0 atom stereocenters. The van der Waals surface area contributed by atoms with Gasteiger partial charge < -0.3 is 10.1 Å². The summed E-state index contributed by atoms with van der Waals surface area (Å²) in [7, 11) is 0. The van der Waals surface area contributed by atoms with Crippen LogP contribution in [-0.4, -0.2) is 22.5 Å². The second-order valence-corrected chi connectivity index (χ2v) is 5.64. The van der Waals surface area contributed by atoms with Crippen LogP contribution in [0.4, 0.5) is 11.5 Å². The van der Waals surface area contributed by atoms with Gasteiger partial charge in [0, 0.05) is 5.38 Å². The number of halogens is 1. The molecule has 0 saturated heterocycles. The first-order valence-corrected chi connectivity index (χ1v) is 7.87. The van der Waals surface area contributed by atoms with E-state index in [4.69, 9.17) is 16.3 Å². The van der Waals surface area contributed by atoms with Crippen molar-refractivity contribution in [2.45, 2.75) is 6.92 Å². The molecule has 0 fully saturated rings. The van der Waals surface area contributed by atoms with Gasteiger partial charge >= 0.3 is 5.97 Å². The van der Waals surface area contributed by atoms with Crippen LogP contribution in [0.5, 0.6) is 0 Å². The molecule has 1 aromatic carbocycles. The maximum absolute atomic E-state index is 12.1. The van der Waals surface area contributed by atoms with Crippen LogP contribution >= 0.6 is 22.9 Å². The zero-order chi connectivity index (χ0) is 15.5. The Morgan fingerprint density at radius 3 is 2.95 bits per heavy atom. The number of hydrogen-bond donors (Lipinski definition) is 1. The van der Waals surface area contributed by atoms with Crippen molar-refractivity contribution in [3.63, 3.8) is 0 Å². The summed E-state index contributed by atoms with van der Waals surface area (Å²) in [5, 5.41) is 6.10. The quantitative estimate of drug-likeness (QED) is 0.722. The number of carbonyl (C=O) groups is 1. The van der Waals surface area contributed by atoms with Crippen molar-refractivity contribution in [3.05, 3.63) is 46.6 Å². The van der Waals surface area contributed by atoms with Gasteiger partial charge in [-0.05, 0) is 19.1 Å². The van der Waals surface area contributed by atoms with E-state index < -0.39 is 0 Å². The largest absolute Gasteiger partial charge is 0.462 e. The SMILES string of the molecule is CCOC(=O)c1csc2ncnc(Nc3ccccc3Cl)c12. The summed E-state index contributed by atoms with van der Waals surface area (Å²) in [4.78, 5) is 21.2. The smallest absolute Gasteiger partial charge is 0.339 e. The van der Waals surface area contributed by atoms with Crippen molar-refractivity contribution in [3.8, 4) is 0 Å². The van der Waals surface area contributed by atoms with Gasteiger partial charge in [0.1, 0.15) is 17.0 Å². The lowest BCUT2D eigenvalue weighted by Crippen LogP contribution is -2.05. The van der Waals surface area contributed by atoms with E-state index in [0.29, 0.717) is 38.9 Å². The topological polar surface area (TPSA) is 64.1 Å². The molecule has 0 aliphatic heterocycles. The van der Waals surface area contributed by atoms with Crippen LogP contribution in [-0.2, 0) is 4.74 Å². The molecule has 112 valence electrons. The number of thiophene rings is 1. The minimum atomic E-state index is -0.384. The second-order valence-electron chi connectivity index (χ2n) is 4.38. The molecule has 0 spiro atoms. The number of nitrogens with one attached hydrogen (secondary N) is 1. The Kier molecular flexibility index (Phi) is 4.22. The summed E-state index contributed by atoms with van der Waals surface area (Å²) in [5.74, 6) is 0.146. The molecule has 0 unspecified atom stereocenters. The number of ether oxygens (including phenoxy) is 1. The van der Waals surface area contributed by atoms with Crippen molar-refractivity contribution in [2.75, 3.05) is 11.9 Å². The number of benzene rings is 1. The average molecular weight is 334 g/mol. The fraction of sp³-hybridized carbons (Fsp3) is 0.133. The van der Waals surface area contributed by atoms with Crippen LogP contribution in [0.2, 0.25) is 5.02 Å². The van der Waals surface area contributed by atoms with Crippen molar-refractivity contribution >= 4 is 50.6 Å². The zero-order valence-corrected chi connectivity index (χ0v) is 13.2. The molecule has 2 aromatic heterocycles. The summed E-state index contributed by atoms with van der Waals surface area (Å²) in [6, 6.07) is 7.33. The lowest BCUT2D eigenvalue weighted by Gasteiger charge is -2.09. The van der Waals surface area contributed by atoms with Crippen LogP contribution in [0.3, 0.4) is 0 Å². The fourth-order valence-electron chi connectivity index (χ4n) is 2.02. The van der Waals surface area contributed by atoms with Crippen molar-refractivity contribution in [1.82, 2.24) is 9.97 Å². The Morgan fingerprint density at radius 1 is 1.36 bits per heavy atom. The lowest BCUT2D eigenvalue weighted by atomic mass is 10.2. The number of esters is 1. The van der Waals surface area contributed by atoms with Crippen LogP contribution in [0.25, 0.3) is 10.2 Å². The first-order chi connectivity index (χ1) is 10.7. The van der Waals surface area contributed by atoms with Gasteiger partial charge in [-0.15, -0.1) is 11.3 Å². The molecule has 3 rings (SSSR count). The summed E-state index contributed by atoms with van der Waals surface area (Å²) >= 11 is 7.53. The number of nitrogens with zero attached hydrogens (tertiary/aromatic N) is 2. The maximum atomic E-state index is 12.1. The summed E-state index contributed by atoms with van der Waals surface area (Å²) < 4.78 is 5.08. The molecule has 0 amide bonds. The number of carbonyl (C=O) groups excluding carboxylic acids is 1. The third-order valence-corrected chi connectivity index (χ3v) is 4.21. The van der Waals surface area contributed by atoms with Gasteiger partial charge in [0.2, 0.25) is 0 Å². The molecule has 5 nitrogen and oxygen atoms in total. The molecule has 7 heteroatoms. The van der Waals surface area contributed by atoms with Crippen molar-refractivity contribution < 1.29 is 9.53 Å². The Morgan fingerprint density at radius 2 is 2.18 bits per heavy atom. The zero-order valence-electron chi connectivity index (χ0n) is 11.7. The Labute approximate surface area is 135 Å². The highest BCUT2D eigenvalue weighted by Crippen LogP contribution is 2.33. The highest BCUT2D eigenvalue weighted by atomic mass is 35.5. The number of anilines is 2. The standard InChI is InChI=1S/C15H12ClN3O2S/c1-2-21-15(20)9-7-22-14-12(9)13(17-8-18-14)19-11-6-4-3-5-10(11)16/h3-8H,2H2,1H3,(H,17,18,19). The molecule has 22 heavy (non-hydrogen) atoms. The Hall–Kier alpha value is -2.18. The van der Waals surface area contributed by atoms with E-state index in [1.54, 1.807) is 18.4 Å². The minimum absolute atomic E-state index is 0.317. The van der Waals surface area contributed by atoms with E-state index in [1.807, 2.05) is 18.2 Å². The first-order valence-electron chi connectivity index (χ1n) is 6.61. The molecular formula is C15H12ClN3O2S. The van der Waals surface area contributed by atoms with E-state index in [-0.39, 0.29) is 5.97 Å². The van der Waals surface area contributed by atoms with E-state index >= 15 is 0 Å². The van der Waals surface area contributed by atoms with Crippen LogP contribution in [0.1, 0.15) is 17.3 Å². The number of hydrogen-bond acceptors (Lipinski definition) is 6. The molecular weight excluding hydrogens is 322 g/mol. The van der Waals surface area contributed by atoms with E-state index in [1.165, 1.54) is 17.7 Å². The number of aromatic nitrogens is 2. The summed E-state index contributed by atoms with van der Waals surface area (Å²) in [6.07, 6.45) is 1.45. The van der Waals surface area contributed by atoms with Gasteiger partial charge in [-0.25, -0.2) is 14.8 Å². The molecule has 0 saturated carbocycles. The molecule has 3 aromatic rings. The van der Waals surface area contributed by atoms with E-state index in [0.717, 1.165) is 0 Å². The normalized spacial score (nSPS) is 10.6.